The van der Waals surface area contributed by atoms with Gasteiger partial charge in [0.15, 0.2) is 0 Å². The summed E-state index contributed by atoms with van der Waals surface area (Å²) in [4.78, 5) is 0. The summed E-state index contributed by atoms with van der Waals surface area (Å²) >= 11 is 0. The number of hydrogen-bond acceptors (Lipinski definition) is 1. The Kier molecular flexibility index (Phi) is 2.51. The summed E-state index contributed by atoms with van der Waals surface area (Å²) in [6.45, 7) is 3.50. The van der Waals surface area contributed by atoms with Gasteiger partial charge in [-0.2, -0.15) is 0 Å². The molecule has 2 unspecified atom stereocenters. The van der Waals surface area contributed by atoms with Crippen LogP contribution >= 0.6 is 0 Å². The molecule has 15 heavy (non-hydrogen) atoms. The molecule has 2 rings (SSSR count). The van der Waals surface area contributed by atoms with Crippen molar-refractivity contribution in [2.24, 2.45) is 0 Å². The maximum atomic E-state index is 13.6. The van der Waals surface area contributed by atoms with Gasteiger partial charge in [-0.3, -0.25) is 0 Å². The van der Waals surface area contributed by atoms with Crippen molar-refractivity contribution in [2.75, 3.05) is 0 Å². The molecule has 82 valence electrons. The van der Waals surface area contributed by atoms with Crippen molar-refractivity contribution < 1.29 is 13.9 Å². The van der Waals surface area contributed by atoms with Crippen LogP contribution in [0.15, 0.2) is 6.07 Å². The number of aliphatic hydroxyl groups excluding tert-OH is 1. The van der Waals surface area contributed by atoms with E-state index < -0.39 is 17.7 Å². The largest absolute Gasteiger partial charge is 0.388 e. The molecular weight excluding hydrogens is 198 g/mol. The number of hydrogen-bond donors (Lipinski definition) is 1. The lowest BCUT2D eigenvalue weighted by Crippen LogP contribution is -2.17. The third-order valence-corrected chi connectivity index (χ3v) is 3.26. The molecule has 0 aromatic heterocycles. The Morgan fingerprint density at radius 1 is 1.20 bits per heavy atom. The lowest BCUT2D eigenvalue weighted by atomic mass is 9.80. The van der Waals surface area contributed by atoms with Crippen LogP contribution in [-0.2, 0) is 0 Å². The summed E-state index contributed by atoms with van der Waals surface area (Å²) in [6, 6.07) is 0.919. The molecule has 1 N–H and O–H groups in total. The molecule has 0 amide bonds. The Morgan fingerprint density at radius 2 is 1.87 bits per heavy atom. The minimum Gasteiger partial charge on any atom is -0.388 e. The normalized spacial score (nSPS) is 25.1. The van der Waals surface area contributed by atoms with Gasteiger partial charge < -0.3 is 5.11 Å². The van der Waals surface area contributed by atoms with E-state index in [1.807, 2.05) is 6.92 Å². The summed E-state index contributed by atoms with van der Waals surface area (Å²) in [5.74, 6) is -1.04. The number of fused-ring (bicyclic) bond motifs is 1. The topological polar surface area (TPSA) is 20.2 Å². The van der Waals surface area contributed by atoms with Gasteiger partial charge in [-0.25, -0.2) is 8.78 Å². The van der Waals surface area contributed by atoms with Gasteiger partial charge in [0.1, 0.15) is 11.6 Å². The molecule has 1 aliphatic rings. The predicted molar refractivity (Wildman–Crippen MR) is 53.7 cm³/mol. The molecule has 0 spiro atoms. The highest BCUT2D eigenvalue weighted by Gasteiger charge is 2.29. The fourth-order valence-corrected chi connectivity index (χ4v) is 2.38. The van der Waals surface area contributed by atoms with Crippen LogP contribution in [-0.4, -0.2) is 5.11 Å². The van der Waals surface area contributed by atoms with E-state index in [9.17, 15) is 13.9 Å². The number of benzene rings is 1. The molecule has 1 nitrogen and oxygen atoms in total. The molecule has 0 saturated carbocycles. The van der Waals surface area contributed by atoms with Crippen LogP contribution in [0, 0.1) is 18.6 Å². The van der Waals surface area contributed by atoms with E-state index in [1.165, 1.54) is 0 Å². The van der Waals surface area contributed by atoms with E-state index in [0.717, 1.165) is 12.5 Å². The summed E-state index contributed by atoms with van der Waals surface area (Å²) in [6.07, 6.45) is 0.607. The molecule has 0 heterocycles. The van der Waals surface area contributed by atoms with Crippen LogP contribution in [0.3, 0.4) is 0 Å². The first-order valence-electron chi connectivity index (χ1n) is 5.18. The summed E-state index contributed by atoms with van der Waals surface area (Å²) < 4.78 is 26.9. The Hall–Kier alpha value is -0.960. The number of rotatable bonds is 0. The van der Waals surface area contributed by atoms with Gasteiger partial charge in [0, 0.05) is 6.07 Å². The van der Waals surface area contributed by atoms with E-state index >= 15 is 0 Å². The maximum Gasteiger partial charge on any atom is 0.129 e. The minimum atomic E-state index is -0.721. The van der Waals surface area contributed by atoms with Crippen molar-refractivity contribution in [2.45, 2.75) is 38.7 Å². The van der Waals surface area contributed by atoms with E-state index in [0.29, 0.717) is 23.1 Å². The lowest BCUT2D eigenvalue weighted by molar-refractivity contribution is 0.149. The van der Waals surface area contributed by atoms with Crippen molar-refractivity contribution >= 4 is 0 Å². The van der Waals surface area contributed by atoms with Crippen LogP contribution in [0.4, 0.5) is 8.78 Å². The second-order valence-corrected chi connectivity index (χ2v) is 4.29. The average molecular weight is 212 g/mol. The molecule has 2 atom stereocenters. The zero-order chi connectivity index (χ0) is 11.2. The molecule has 1 aliphatic carbocycles. The van der Waals surface area contributed by atoms with Gasteiger partial charge in [-0.1, -0.05) is 6.92 Å². The zero-order valence-corrected chi connectivity index (χ0v) is 8.85. The van der Waals surface area contributed by atoms with Crippen LogP contribution in [0.1, 0.15) is 48.5 Å². The van der Waals surface area contributed by atoms with Gasteiger partial charge in [0.2, 0.25) is 0 Å². The van der Waals surface area contributed by atoms with Gasteiger partial charge in [0.25, 0.3) is 0 Å². The standard InChI is InChI=1S/C12H14F2O/c1-6-3-4-10(15)12-7(2)8(13)5-9(14)11(6)12/h5-6,10,15H,3-4H2,1-2H3. The van der Waals surface area contributed by atoms with E-state index in [1.54, 1.807) is 6.92 Å². The van der Waals surface area contributed by atoms with Crippen molar-refractivity contribution in [3.05, 3.63) is 34.4 Å². The fourth-order valence-electron chi connectivity index (χ4n) is 2.38. The third-order valence-electron chi connectivity index (χ3n) is 3.26. The van der Waals surface area contributed by atoms with Crippen LogP contribution < -0.4 is 0 Å². The van der Waals surface area contributed by atoms with Crippen LogP contribution in [0.5, 0.6) is 0 Å². The Balaban J connectivity index is 2.71. The fraction of sp³-hybridized carbons (Fsp3) is 0.500. The van der Waals surface area contributed by atoms with Crippen LogP contribution in [0.25, 0.3) is 0 Å². The van der Waals surface area contributed by atoms with Gasteiger partial charge in [0.05, 0.1) is 6.10 Å². The highest BCUT2D eigenvalue weighted by atomic mass is 19.1. The first-order valence-corrected chi connectivity index (χ1v) is 5.18. The second-order valence-electron chi connectivity index (χ2n) is 4.29. The predicted octanol–water partition coefficient (Wildman–Crippen LogP) is 3.20. The maximum absolute atomic E-state index is 13.6. The van der Waals surface area contributed by atoms with Crippen molar-refractivity contribution in [1.82, 2.24) is 0 Å². The zero-order valence-electron chi connectivity index (χ0n) is 8.85. The third kappa shape index (κ3) is 1.55. The smallest absolute Gasteiger partial charge is 0.129 e. The monoisotopic (exact) mass is 212 g/mol. The molecule has 1 aromatic carbocycles. The second kappa shape index (κ2) is 3.56. The number of halogens is 2. The highest BCUT2D eigenvalue weighted by molar-refractivity contribution is 5.41. The van der Waals surface area contributed by atoms with Crippen molar-refractivity contribution in [1.29, 1.82) is 0 Å². The molecular formula is C12H14F2O. The van der Waals surface area contributed by atoms with Crippen molar-refractivity contribution in [3.8, 4) is 0 Å². The summed E-state index contributed by atoms with van der Waals surface area (Å²) in [7, 11) is 0. The molecule has 1 aromatic rings. The van der Waals surface area contributed by atoms with Gasteiger partial charge >= 0.3 is 0 Å². The Bertz CT molecular complexity index is 401. The van der Waals surface area contributed by atoms with Gasteiger partial charge in [-0.05, 0) is 42.4 Å². The first-order chi connectivity index (χ1) is 7.02. The summed E-state index contributed by atoms with van der Waals surface area (Å²) in [5.41, 5.74) is 1.34. The van der Waals surface area contributed by atoms with Crippen LogP contribution in [0.2, 0.25) is 0 Å². The molecule has 0 fully saturated rings. The average Bonchev–Trinajstić information content (AvgIpc) is 2.18. The molecule has 0 bridgehead atoms. The SMILES string of the molecule is Cc1c(F)cc(F)c2c1C(O)CCC2C. The molecule has 0 saturated heterocycles. The highest BCUT2D eigenvalue weighted by Crippen LogP contribution is 2.40. The molecule has 3 heteroatoms. The van der Waals surface area contributed by atoms with Gasteiger partial charge in [-0.15, -0.1) is 0 Å². The number of aliphatic hydroxyl groups is 1. The summed E-state index contributed by atoms with van der Waals surface area (Å²) in [5, 5.41) is 9.78. The minimum absolute atomic E-state index is 0.0581. The lowest BCUT2D eigenvalue weighted by Gasteiger charge is -2.28. The van der Waals surface area contributed by atoms with E-state index in [-0.39, 0.29) is 5.92 Å². The molecule has 0 radical (unpaired) electrons. The van der Waals surface area contributed by atoms with E-state index in [2.05, 4.69) is 0 Å². The van der Waals surface area contributed by atoms with E-state index in [4.69, 9.17) is 0 Å². The first kappa shape index (κ1) is 10.6. The quantitative estimate of drug-likeness (QED) is 0.700. The molecule has 0 aliphatic heterocycles. The Morgan fingerprint density at radius 3 is 2.53 bits per heavy atom. The Labute approximate surface area is 87.7 Å². The van der Waals surface area contributed by atoms with Crippen molar-refractivity contribution in [3.63, 3.8) is 0 Å².